The molecule has 4 nitrogen and oxygen atoms in total. The van der Waals surface area contributed by atoms with Crippen LogP contribution in [0.2, 0.25) is 5.02 Å². The molecular formula is C14H14ClN2O2+. The predicted molar refractivity (Wildman–Crippen MR) is 72.3 cm³/mol. The molecule has 2 N–H and O–H groups in total. The van der Waals surface area contributed by atoms with Gasteiger partial charge in [-0.3, -0.25) is 4.79 Å². The van der Waals surface area contributed by atoms with E-state index in [2.05, 4.69) is 0 Å². The molecule has 19 heavy (non-hydrogen) atoms. The number of carbonyl (C=O) groups is 1. The molecule has 2 rings (SSSR count). The number of hydrogen-bond acceptors (Lipinski definition) is 2. The van der Waals surface area contributed by atoms with Crippen LogP contribution in [-0.4, -0.2) is 13.0 Å². The van der Waals surface area contributed by atoms with E-state index in [1.165, 1.54) is 0 Å². The fraction of sp³-hybridized carbons (Fsp3) is 0.143. The summed E-state index contributed by atoms with van der Waals surface area (Å²) in [6, 6.07) is 8.88. The number of amides is 1. The minimum absolute atomic E-state index is 0.451. The van der Waals surface area contributed by atoms with E-state index in [1.807, 2.05) is 22.9 Å². The van der Waals surface area contributed by atoms with Gasteiger partial charge in [-0.1, -0.05) is 11.6 Å². The summed E-state index contributed by atoms with van der Waals surface area (Å²) in [4.78, 5) is 11.1. The number of rotatable bonds is 4. The first kappa shape index (κ1) is 13.4. The Labute approximate surface area is 116 Å². The highest BCUT2D eigenvalue weighted by molar-refractivity contribution is 6.30. The van der Waals surface area contributed by atoms with E-state index in [9.17, 15) is 4.79 Å². The molecule has 1 amide bonds. The molecule has 2 aromatic rings. The lowest BCUT2D eigenvalue weighted by atomic mass is 10.2. The van der Waals surface area contributed by atoms with Crippen molar-refractivity contribution >= 4 is 17.5 Å². The highest BCUT2D eigenvalue weighted by Crippen LogP contribution is 2.22. The maximum absolute atomic E-state index is 11.1. The van der Waals surface area contributed by atoms with E-state index in [4.69, 9.17) is 22.1 Å². The molecule has 0 unspecified atom stereocenters. The molecule has 0 aliphatic heterocycles. The minimum Gasteiger partial charge on any atom is -0.496 e. The molecule has 0 spiro atoms. The lowest BCUT2D eigenvalue weighted by Crippen LogP contribution is -2.35. The Hall–Kier alpha value is -2.07. The van der Waals surface area contributed by atoms with Crippen LogP contribution in [-0.2, 0) is 6.54 Å². The molecule has 1 aromatic carbocycles. The predicted octanol–water partition coefficient (Wildman–Crippen LogP) is 1.78. The lowest BCUT2D eigenvalue weighted by Gasteiger charge is -2.06. The van der Waals surface area contributed by atoms with Gasteiger partial charge in [-0.25, -0.2) is 0 Å². The number of primary amides is 1. The van der Waals surface area contributed by atoms with Gasteiger partial charge in [0.2, 0.25) is 0 Å². The maximum Gasteiger partial charge on any atom is 0.254 e. The van der Waals surface area contributed by atoms with Crippen molar-refractivity contribution in [1.29, 1.82) is 0 Å². The standard InChI is InChI=1S/C14H13ClN2O2/c1-19-13-5-4-12(15)7-11(13)9-17-6-2-3-10(8-17)14(16)18/h2-8H,9H2,1H3,(H-,16,18)/p+1. The summed E-state index contributed by atoms with van der Waals surface area (Å²) in [5.74, 6) is 0.300. The van der Waals surface area contributed by atoms with Crippen LogP contribution in [0.25, 0.3) is 0 Å². The van der Waals surface area contributed by atoms with Crippen molar-refractivity contribution in [2.24, 2.45) is 5.73 Å². The Kier molecular flexibility index (Phi) is 4.02. The van der Waals surface area contributed by atoms with Gasteiger partial charge in [0.15, 0.2) is 18.9 Å². The largest absolute Gasteiger partial charge is 0.496 e. The number of ether oxygens (including phenoxy) is 1. The zero-order valence-corrected chi connectivity index (χ0v) is 11.2. The van der Waals surface area contributed by atoms with E-state index in [1.54, 1.807) is 31.5 Å². The van der Waals surface area contributed by atoms with Gasteiger partial charge in [0.1, 0.15) is 11.3 Å². The number of halogens is 1. The second-order valence-electron chi connectivity index (χ2n) is 4.09. The second kappa shape index (κ2) is 5.71. The summed E-state index contributed by atoms with van der Waals surface area (Å²) < 4.78 is 7.14. The molecule has 0 radical (unpaired) electrons. The van der Waals surface area contributed by atoms with Crippen LogP contribution >= 0.6 is 11.6 Å². The van der Waals surface area contributed by atoms with Gasteiger partial charge in [-0.2, -0.15) is 4.57 Å². The van der Waals surface area contributed by atoms with E-state index in [0.29, 0.717) is 17.1 Å². The first-order chi connectivity index (χ1) is 9.10. The van der Waals surface area contributed by atoms with Crippen molar-refractivity contribution in [1.82, 2.24) is 0 Å². The molecule has 0 aliphatic rings. The minimum atomic E-state index is -0.451. The Morgan fingerprint density at radius 2 is 2.21 bits per heavy atom. The Balaban J connectivity index is 2.33. The van der Waals surface area contributed by atoms with Gasteiger partial charge >= 0.3 is 0 Å². The Morgan fingerprint density at radius 3 is 2.89 bits per heavy atom. The molecule has 0 saturated carbocycles. The van der Waals surface area contributed by atoms with Gasteiger partial charge in [-0.05, 0) is 24.3 Å². The van der Waals surface area contributed by atoms with E-state index in [-0.39, 0.29) is 0 Å². The average Bonchev–Trinajstić information content (AvgIpc) is 2.39. The molecule has 98 valence electrons. The number of benzene rings is 1. The molecule has 1 heterocycles. The quantitative estimate of drug-likeness (QED) is 0.866. The van der Waals surface area contributed by atoms with Crippen molar-refractivity contribution in [2.75, 3.05) is 7.11 Å². The Morgan fingerprint density at radius 1 is 1.42 bits per heavy atom. The second-order valence-corrected chi connectivity index (χ2v) is 4.52. The summed E-state index contributed by atoms with van der Waals surface area (Å²) in [6.07, 6.45) is 3.55. The maximum atomic E-state index is 11.1. The van der Waals surface area contributed by atoms with Gasteiger partial charge in [0.25, 0.3) is 5.91 Å². The van der Waals surface area contributed by atoms with Gasteiger partial charge in [-0.15, -0.1) is 0 Å². The third kappa shape index (κ3) is 3.23. The highest BCUT2D eigenvalue weighted by Gasteiger charge is 2.11. The number of methoxy groups -OCH3 is 1. The molecule has 0 saturated heterocycles. The van der Waals surface area contributed by atoms with Crippen molar-refractivity contribution in [3.05, 3.63) is 58.9 Å². The van der Waals surface area contributed by atoms with E-state index < -0.39 is 5.91 Å². The monoisotopic (exact) mass is 277 g/mol. The third-order valence-electron chi connectivity index (χ3n) is 2.74. The fourth-order valence-electron chi connectivity index (χ4n) is 1.83. The van der Waals surface area contributed by atoms with Gasteiger partial charge in [0.05, 0.1) is 12.7 Å². The third-order valence-corrected chi connectivity index (χ3v) is 2.97. The zero-order valence-electron chi connectivity index (χ0n) is 10.5. The van der Waals surface area contributed by atoms with E-state index >= 15 is 0 Å². The summed E-state index contributed by atoms with van der Waals surface area (Å²) >= 11 is 5.98. The van der Waals surface area contributed by atoms with E-state index in [0.717, 1.165) is 11.3 Å². The number of hydrogen-bond donors (Lipinski definition) is 1. The molecule has 1 aromatic heterocycles. The van der Waals surface area contributed by atoms with Crippen molar-refractivity contribution in [3.63, 3.8) is 0 Å². The van der Waals surface area contributed by atoms with Gasteiger partial charge in [0, 0.05) is 11.1 Å². The van der Waals surface area contributed by atoms with Crippen LogP contribution in [0.15, 0.2) is 42.7 Å². The summed E-state index contributed by atoms with van der Waals surface area (Å²) in [7, 11) is 1.61. The summed E-state index contributed by atoms with van der Waals surface area (Å²) in [6.45, 7) is 0.546. The molecular weight excluding hydrogens is 264 g/mol. The first-order valence-electron chi connectivity index (χ1n) is 5.71. The van der Waals surface area contributed by atoms with Crippen LogP contribution in [0, 0.1) is 0 Å². The molecule has 0 aliphatic carbocycles. The van der Waals surface area contributed by atoms with Crippen molar-refractivity contribution in [3.8, 4) is 5.75 Å². The molecule has 0 atom stereocenters. The summed E-state index contributed by atoms with van der Waals surface area (Å²) in [5.41, 5.74) is 6.65. The van der Waals surface area contributed by atoms with Crippen LogP contribution in [0.3, 0.4) is 0 Å². The zero-order chi connectivity index (χ0) is 13.8. The molecule has 0 bridgehead atoms. The van der Waals surface area contributed by atoms with Crippen LogP contribution in [0.4, 0.5) is 0 Å². The summed E-state index contributed by atoms with van der Waals surface area (Å²) in [5, 5.41) is 0.641. The topological polar surface area (TPSA) is 56.2 Å². The fourth-order valence-corrected chi connectivity index (χ4v) is 2.03. The van der Waals surface area contributed by atoms with Crippen LogP contribution in [0.5, 0.6) is 5.75 Å². The normalized spacial score (nSPS) is 10.2. The number of aromatic nitrogens is 1. The van der Waals surface area contributed by atoms with Crippen LogP contribution < -0.4 is 15.0 Å². The number of nitrogens with two attached hydrogens (primary N) is 1. The van der Waals surface area contributed by atoms with Crippen LogP contribution in [0.1, 0.15) is 15.9 Å². The molecule has 0 fully saturated rings. The van der Waals surface area contributed by atoms with Crippen molar-refractivity contribution < 1.29 is 14.1 Å². The lowest BCUT2D eigenvalue weighted by molar-refractivity contribution is -0.688. The Bertz CT molecular complexity index is 614. The number of pyridine rings is 1. The number of carbonyl (C=O) groups excluding carboxylic acids is 1. The first-order valence-corrected chi connectivity index (χ1v) is 6.09. The number of nitrogens with zero attached hydrogens (tertiary/aromatic N) is 1. The van der Waals surface area contributed by atoms with Crippen molar-refractivity contribution in [2.45, 2.75) is 6.54 Å². The average molecular weight is 278 g/mol. The smallest absolute Gasteiger partial charge is 0.254 e. The SMILES string of the molecule is COc1ccc(Cl)cc1C[n+]1cccc(C(N)=O)c1. The molecule has 5 heteroatoms. The van der Waals surface area contributed by atoms with Gasteiger partial charge < -0.3 is 10.5 Å². The highest BCUT2D eigenvalue weighted by atomic mass is 35.5.